The summed E-state index contributed by atoms with van der Waals surface area (Å²) >= 11 is 0. The van der Waals surface area contributed by atoms with E-state index in [9.17, 15) is 9.59 Å². The van der Waals surface area contributed by atoms with Crippen LogP contribution in [0, 0.1) is 0 Å². The Morgan fingerprint density at radius 3 is 2.48 bits per heavy atom. The number of esters is 1. The first-order valence-corrected chi connectivity index (χ1v) is 9.02. The number of anilines is 1. The van der Waals surface area contributed by atoms with Crippen LogP contribution in [-0.4, -0.2) is 31.7 Å². The topological polar surface area (TPSA) is 73.9 Å². The molecule has 0 unspecified atom stereocenters. The molecule has 0 heterocycles. The molecule has 2 rings (SSSR count). The molecule has 0 aliphatic rings. The largest absolute Gasteiger partial charge is 0.492 e. The third-order valence-corrected chi connectivity index (χ3v) is 3.74. The number of carbonyl (C=O) groups excluding carboxylic acids is 2. The van der Waals surface area contributed by atoms with E-state index in [1.54, 1.807) is 25.1 Å². The van der Waals surface area contributed by atoms with Gasteiger partial charge in [0.15, 0.2) is 6.61 Å². The van der Waals surface area contributed by atoms with Crippen LogP contribution in [0.5, 0.6) is 11.5 Å². The fraction of sp³-hybridized carbons (Fsp3) is 0.333. The van der Waals surface area contributed by atoms with Crippen molar-refractivity contribution in [3.8, 4) is 11.5 Å². The molecule has 0 aliphatic heterocycles. The minimum atomic E-state index is -0.435. The molecule has 144 valence electrons. The standard InChI is InChI=1S/C21H25NO5/c1-4-15-8-7-9-17(12-15)27-14-20(23)22-18-11-10-16(21(24)26-6-3)13-19(18)25-5-2/h7-13H,4-6,14H2,1-3H3,(H,22,23). The number of hydrogen-bond donors (Lipinski definition) is 1. The molecule has 1 N–H and O–H groups in total. The average Bonchev–Trinajstić information content (AvgIpc) is 2.68. The second-order valence-electron chi connectivity index (χ2n) is 5.70. The van der Waals surface area contributed by atoms with Crippen molar-refractivity contribution >= 4 is 17.6 Å². The molecule has 0 saturated heterocycles. The molecule has 6 heteroatoms. The van der Waals surface area contributed by atoms with E-state index in [0.29, 0.717) is 29.4 Å². The third-order valence-electron chi connectivity index (χ3n) is 3.74. The van der Waals surface area contributed by atoms with Crippen molar-refractivity contribution in [2.45, 2.75) is 27.2 Å². The molecule has 0 aromatic heterocycles. The van der Waals surface area contributed by atoms with E-state index in [2.05, 4.69) is 12.2 Å². The Labute approximate surface area is 159 Å². The highest BCUT2D eigenvalue weighted by molar-refractivity contribution is 5.95. The maximum absolute atomic E-state index is 12.2. The summed E-state index contributed by atoms with van der Waals surface area (Å²) in [5, 5.41) is 2.75. The Balaban J connectivity index is 2.03. The lowest BCUT2D eigenvalue weighted by Gasteiger charge is -2.13. The minimum absolute atomic E-state index is 0.127. The number of carbonyl (C=O) groups is 2. The van der Waals surface area contributed by atoms with Gasteiger partial charge < -0.3 is 19.5 Å². The molecule has 0 aliphatic carbocycles. The van der Waals surface area contributed by atoms with Crippen molar-refractivity contribution in [3.63, 3.8) is 0 Å². The zero-order chi connectivity index (χ0) is 19.6. The molecule has 0 bridgehead atoms. The van der Waals surface area contributed by atoms with Crippen LogP contribution in [0.3, 0.4) is 0 Å². The molecule has 0 atom stereocenters. The summed E-state index contributed by atoms with van der Waals surface area (Å²) in [5.74, 6) is 0.300. The molecule has 0 saturated carbocycles. The molecular weight excluding hydrogens is 346 g/mol. The molecule has 27 heavy (non-hydrogen) atoms. The summed E-state index contributed by atoms with van der Waals surface area (Å²) in [6, 6.07) is 12.4. The lowest BCUT2D eigenvalue weighted by Crippen LogP contribution is -2.21. The molecule has 0 spiro atoms. The maximum Gasteiger partial charge on any atom is 0.338 e. The van der Waals surface area contributed by atoms with Gasteiger partial charge in [-0.2, -0.15) is 0 Å². The highest BCUT2D eigenvalue weighted by atomic mass is 16.5. The van der Waals surface area contributed by atoms with Gasteiger partial charge in [0.05, 0.1) is 24.5 Å². The number of benzene rings is 2. The number of ether oxygens (including phenoxy) is 3. The lowest BCUT2D eigenvalue weighted by atomic mass is 10.2. The van der Waals surface area contributed by atoms with Crippen molar-refractivity contribution in [1.82, 2.24) is 0 Å². The van der Waals surface area contributed by atoms with Gasteiger partial charge in [0.2, 0.25) is 0 Å². The highest BCUT2D eigenvalue weighted by Gasteiger charge is 2.14. The van der Waals surface area contributed by atoms with Crippen LogP contribution in [0.1, 0.15) is 36.7 Å². The van der Waals surface area contributed by atoms with Crippen molar-refractivity contribution in [2.75, 3.05) is 25.1 Å². The number of rotatable bonds is 9. The van der Waals surface area contributed by atoms with Crippen LogP contribution in [0.4, 0.5) is 5.69 Å². The number of aryl methyl sites for hydroxylation is 1. The Morgan fingerprint density at radius 2 is 1.78 bits per heavy atom. The van der Waals surface area contributed by atoms with Crippen LogP contribution in [0.2, 0.25) is 0 Å². The molecule has 0 fully saturated rings. The zero-order valence-electron chi connectivity index (χ0n) is 15.9. The van der Waals surface area contributed by atoms with Gasteiger partial charge in [0.25, 0.3) is 5.91 Å². The van der Waals surface area contributed by atoms with Crippen LogP contribution in [0.25, 0.3) is 0 Å². The number of nitrogens with one attached hydrogen (secondary N) is 1. The normalized spacial score (nSPS) is 10.2. The lowest BCUT2D eigenvalue weighted by molar-refractivity contribution is -0.118. The van der Waals surface area contributed by atoms with E-state index in [4.69, 9.17) is 14.2 Å². The second-order valence-corrected chi connectivity index (χ2v) is 5.70. The fourth-order valence-corrected chi connectivity index (χ4v) is 2.43. The first kappa shape index (κ1) is 20.3. The summed E-state index contributed by atoms with van der Waals surface area (Å²) in [4.78, 5) is 24.1. The summed E-state index contributed by atoms with van der Waals surface area (Å²) < 4.78 is 16.1. The van der Waals surface area contributed by atoms with Gasteiger partial charge in [-0.3, -0.25) is 4.79 Å². The molecular formula is C21H25NO5. The number of amides is 1. The highest BCUT2D eigenvalue weighted by Crippen LogP contribution is 2.26. The van der Waals surface area contributed by atoms with E-state index in [1.807, 2.05) is 31.2 Å². The molecule has 2 aromatic carbocycles. The summed E-state index contributed by atoms with van der Waals surface area (Å²) in [6.07, 6.45) is 0.897. The average molecular weight is 371 g/mol. The van der Waals surface area contributed by atoms with Gasteiger partial charge in [-0.1, -0.05) is 19.1 Å². The Bertz CT molecular complexity index is 788. The van der Waals surface area contributed by atoms with Gasteiger partial charge in [-0.15, -0.1) is 0 Å². The molecule has 1 amide bonds. The van der Waals surface area contributed by atoms with E-state index >= 15 is 0 Å². The summed E-state index contributed by atoms with van der Waals surface area (Å²) in [7, 11) is 0. The molecule has 2 aromatic rings. The fourth-order valence-electron chi connectivity index (χ4n) is 2.43. The van der Waals surface area contributed by atoms with Crippen molar-refractivity contribution in [2.24, 2.45) is 0 Å². The van der Waals surface area contributed by atoms with Crippen molar-refractivity contribution < 1.29 is 23.8 Å². The molecule has 6 nitrogen and oxygen atoms in total. The van der Waals surface area contributed by atoms with Gasteiger partial charge in [0, 0.05) is 0 Å². The van der Waals surface area contributed by atoms with E-state index in [-0.39, 0.29) is 19.1 Å². The van der Waals surface area contributed by atoms with E-state index < -0.39 is 5.97 Å². The van der Waals surface area contributed by atoms with Crippen LogP contribution >= 0.6 is 0 Å². The zero-order valence-corrected chi connectivity index (χ0v) is 15.9. The predicted octanol–water partition coefficient (Wildman–Crippen LogP) is 3.84. The predicted molar refractivity (Wildman–Crippen MR) is 104 cm³/mol. The van der Waals surface area contributed by atoms with E-state index in [1.165, 1.54) is 0 Å². The SMILES string of the molecule is CCOC(=O)c1ccc(NC(=O)COc2cccc(CC)c2)c(OCC)c1. The minimum Gasteiger partial charge on any atom is -0.492 e. The van der Waals surface area contributed by atoms with Gasteiger partial charge in [-0.05, 0) is 56.2 Å². The number of hydrogen-bond acceptors (Lipinski definition) is 5. The second kappa shape index (κ2) is 10.2. The van der Waals surface area contributed by atoms with Crippen molar-refractivity contribution in [1.29, 1.82) is 0 Å². The van der Waals surface area contributed by atoms with E-state index in [0.717, 1.165) is 12.0 Å². The van der Waals surface area contributed by atoms with Crippen LogP contribution in [0.15, 0.2) is 42.5 Å². The quantitative estimate of drug-likeness (QED) is 0.678. The Morgan fingerprint density at radius 1 is 0.963 bits per heavy atom. The first-order valence-electron chi connectivity index (χ1n) is 9.02. The molecule has 0 radical (unpaired) electrons. The smallest absolute Gasteiger partial charge is 0.338 e. The summed E-state index contributed by atoms with van der Waals surface area (Å²) in [6.45, 7) is 6.19. The Kier molecular flexibility index (Phi) is 7.67. The monoisotopic (exact) mass is 371 g/mol. The van der Waals surface area contributed by atoms with Crippen LogP contribution < -0.4 is 14.8 Å². The summed E-state index contributed by atoms with van der Waals surface area (Å²) in [5.41, 5.74) is 1.98. The third kappa shape index (κ3) is 6.02. The first-order chi connectivity index (χ1) is 13.1. The van der Waals surface area contributed by atoms with Crippen molar-refractivity contribution in [3.05, 3.63) is 53.6 Å². The van der Waals surface area contributed by atoms with Gasteiger partial charge >= 0.3 is 5.97 Å². The maximum atomic E-state index is 12.2. The van der Waals surface area contributed by atoms with Gasteiger partial charge in [-0.25, -0.2) is 4.79 Å². The van der Waals surface area contributed by atoms with Crippen LogP contribution in [-0.2, 0) is 16.0 Å². The Hall–Kier alpha value is -3.02. The van der Waals surface area contributed by atoms with Gasteiger partial charge in [0.1, 0.15) is 11.5 Å².